The van der Waals surface area contributed by atoms with Crippen LogP contribution in [0, 0.1) is 11.3 Å². The number of benzene rings is 2. The van der Waals surface area contributed by atoms with Gasteiger partial charge < -0.3 is 4.74 Å². The Bertz CT molecular complexity index is 630. The van der Waals surface area contributed by atoms with Gasteiger partial charge in [0, 0.05) is 5.56 Å². The highest BCUT2D eigenvalue weighted by atomic mass is 16.5. The second kappa shape index (κ2) is 6.95. The number of ether oxygens (including phenoxy) is 1. The Morgan fingerprint density at radius 1 is 1.25 bits per heavy atom. The van der Waals surface area contributed by atoms with Crippen LogP contribution in [0.25, 0.3) is 0 Å². The number of hydrogen-bond acceptors (Lipinski definition) is 4. The summed E-state index contributed by atoms with van der Waals surface area (Å²) in [6.45, 7) is 0. The van der Waals surface area contributed by atoms with Crippen molar-refractivity contribution >= 4 is 11.9 Å². The number of rotatable bonds is 5. The fourth-order valence-corrected chi connectivity index (χ4v) is 1.80. The van der Waals surface area contributed by atoms with E-state index in [0.29, 0.717) is 6.42 Å². The molecule has 0 heterocycles. The van der Waals surface area contributed by atoms with Gasteiger partial charge in [-0.25, -0.2) is 0 Å². The van der Waals surface area contributed by atoms with Crippen molar-refractivity contribution in [3.63, 3.8) is 0 Å². The van der Waals surface area contributed by atoms with E-state index in [1.54, 1.807) is 13.3 Å². The van der Waals surface area contributed by atoms with Gasteiger partial charge in [0.25, 0.3) is 0 Å². The second-order valence-corrected chi connectivity index (χ2v) is 4.14. The van der Waals surface area contributed by atoms with Crippen molar-refractivity contribution in [3.8, 4) is 11.8 Å². The first-order chi connectivity index (χ1) is 9.83. The van der Waals surface area contributed by atoms with Gasteiger partial charge in [-0.2, -0.15) is 10.4 Å². The van der Waals surface area contributed by atoms with Gasteiger partial charge in [-0.05, 0) is 35.9 Å². The van der Waals surface area contributed by atoms with Gasteiger partial charge in [-0.15, -0.1) is 0 Å². The summed E-state index contributed by atoms with van der Waals surface area (Å²) in [7, 11) is 1.60. The molecule has 1 N–H and O–H groups in total. The molecule has 0 atom stereocenters. The first-order valence-electron chi connectivity index (χ1n) is 6.21. The van der Waals surface area contributed by atoms with E-state index in [1.165, 1.54) is 0 Å². The predicted octanol–water partition coefficient (Wildman–Crippen LogP) is 3.21. The molecule has 0 aliphatic carbocycles. The van der Waals surface area contributed by atoms with Crippen molar-refractivity contribution in [2.75, 3.05) is 12.5 Å². The largest absolute Gasteiger partial charge is 0.496 e. The zero-order valence-corrected chi connectivity index (χ0v) is 11.2. The smallest absolute Gasteiger partial charge is 0.123 e. The van der Waals surface area contributed by atoms with E-state index in [4.69, 9.17) is 10.00 Å². The Balaban J connectivity index is 2.09. The number of nitriles is 1. The summed E-state index contributed by atoms with van der Waals surface area (Å²) in [4.78, 5) is 0. The van der Waals surface area contributed by atoms with Crippen LogP contribution in [0.15, 0.2) is 53.6 Å². The molecule has 0 unspecified atom stereocenters. The molecule has 0 saturated carbocycles. The van der Waals surface area contributed by atoms with Crippen molar-refractivity contribution in [2.45, 2.75) is 6.42 Å². The average molecular weight is 265 g/mol. The molecule has 2 rings (SSSR count). The molecule has 0 fully saturated rings. The third kappa shape index (κ3) is 3.59. The predicted molar refractivity (Wildman–Crippen MR) is 80.0 cm³/mol. The molecule has 4 nitrogen and oxygen atoms in total. The van der Waals surface area contributed by atoms with Crippen LogP contribution in [-0.4, -0.2) is 13.3 Å². The first-order valence-corrected chi connectivity index (χ1v) is 6.21. The number of hydrogen-bond donors (Lipinski definition) is 1. The van der Waals surface area contributed by atoms with Crippen LogP contribution in [0.5, 0.6) is 5.75 Å². The maximum absolute atomic E-state index is 8.80. The van der Waals surface area contributed by atoms with Crippen LogP contribution in [0.3, 0.4) is 0 Å². The van der Waals surface area contributed by atoms with E-state index in [0.717, 1.165) is 22.6 Å². The Kier molecular flexibility index (Phi) is 4.74. The standard InChI is InChI=1S/C16H15N3O/c1-20-16-8-7-13(11-14(16)9-10-17)12-18-19-15-5-3-2-4-6-15/h2-8,11-12,19H,9H2,1H3. The molecule has 0 radical (unpaired) electrons. The average Bonchev–Trinajstić information content (AvgIpc) is 2.49. The van der Waals surface area contributed by atoms with Gasteiger partial charge >= 0.3 is 0 Å². The molecule has 0 aliphatic heterocycles. The number of anilines is 1. The minimum Gasteiger partial charge on any atom is -0.496 e. The van der Waals surface area contributed by atoms with Crippen molar-refractivity contribution in [3.05, 3.63) is 59.7 Å². The van der Waals surface area contributed by atoms with E-state index in [9.17, 15) is 0 Å². The summed E-state index contributed by atoms with van der Waals surface area (Å²) in [5, 5.41) is 13.0. The lowest BCUT2D eigenvalue weighted by Crippen LogP contribution is -1.95. The topological polar surface area (TPSA) is 57.4 Å². The highest BCUT2D eigenvalue weighted by Gasteiger charge is 2.02. The minimum atomic E-state index is 0.316. The monoisotopic (exact) mass is 265 g/mol. The number of hydrazone groups is 1. The summed E-state index contributed by atoms with van der Waals surface area (Å²) < 4.78 is 5.22. The van der Waals surface area contributed by atoms with Gasteiger partial charge in [0.1, 0.15) is 5.75 Å². The van der Waals surface area contributed by atoms with Crippen LogP contribution >= 0.6 is 0 Å². The maximum atomic E-state index is 8.80. The number of nitrogens with zero attached hydrogens (tertiary/aromatic N) is 2. The zero-order chi connectivity index (χ0) is 14.2. The normalized spacial score (nSPS) is 10.2. The van der Waals surface area contributed by atoms with Crippen LogP contribution in [-0.2, 0) is 6.42 Å². The Labute approximate surface area is 118 Å². The SMILES string of the molecule is COc1ccc(C=NNc2ccccc2)cc1CC#N. The van der Waals surface area contributed by atoms with Crippen LogP contribution < -0.4 is 10.2 Å². The van der Waals surface area contributed by atoms with Gasteiger partial charge in [-0.1, -0.05) is 18.2 Å². The lowest BCUT2D eigenvalue weighted by atomic mass is 10.1. The summed E-state index contributed by atoms with van der Waals surface area (Å²) in [6, 6.07) is 17.5. The van der Waals surface area contributed by atoms with E-state index < -0.39 is 0 Å². The van der Waals surface area contributed by atoms with E-state index in [1.807, 2.05) is 48.5 Å². The van der Waals surface area contributed by atoms with Crippen LogP contribution in [0.4, 0.5) is 5.69 Å². The summed E-state index contributed by atoms with van der Waals surface area (Å²) in [6.07, 6.45) is 2.03. The first kappa shape index (κ1) is 13.6. The molecule has 0 saturated heterocycles. The van der Waals surface area contributed by atoms with Gasteiger partial charge in [-0.3, -0.25) is 5.43 Å². The molecule has 0 amide bonds. The quantitative estimate of drug-likeness (QED) is 0.667. The molecule has 0 aromatic heterocycles. The fraction of sp³-hybridized carbons (Fsp3) is 0.125. The lowest BCUT2D eigenvalue weighted by molar-refractivity contribution is 0.411. The van der Waals surface area contributed by atoms with E-state index >= 15 is 0 Å². The highest BCUT2D eigenvalue weighted by molar-refractivity contribution is 5.81. The molecule has 2 aromatic carbocycles. The second-order valence-electron chi connectivity index (χ2n) is 4.14. The summed E-state index contributed by atoms with van der Waals surface area (Å²) in [5.41, 5.74) is 5.65. The number of nitrogens with one attached hydrogen (secondary N) is 1. The van der Waals surface area contributed by atoms with Gasteiger partial charge in [0.15, 0.2) is 0 Å². The van der Waals surface area contributed by atoms with Crippen molar-refractivity contribution < 1.29 is 4.74 Å². The highest BCUT2D eigenvalue weighted by Crippen LogP contribution is 2.19. The van der Waals surface area contributed by atoms with E-state index in [2.05, 4.69) is 16.6 Å². The number of methoxy groups -OCH3 is 1. The molecule has 0 spiro atoms. The summed E-state index contributed by atoms with van der Waals surface area (Å²) in [5.74, 6) is 0.722. The van der Waals surface area contributed by atoms with Crippen LogP contribution in [0.2, 0.25) is 0 Å². The zero-order valence-electron chi connectivity index (χ0n) is 11.2. The Hall–Kier alpha value is -2.80. The van der Waals surface area contributed by atoms with Gasteiger partial charge in [0.2, 0.25) is 0 Å². The molecular weight excluding hydrogens is 250 g/mol. The van der Waals surface area contributed by atoms with E-state index in [-0.39, 0.29) is 0 Å². The van der Waals surface area contributed by atoms with Crippen molar-refractivity contribution in [1.82, 2.24) is 0 Å². The Morgan fingerprint density at radius 3 is 2.75 bits per heavy atom. The summed E-state index contributed by atoms with van der Waals surface area (Å²) >= 11 is 0. The third-order valence-corrected chi connectivity index (χ3v) is 2.76. The molecule has 0 aliphatic rings. The molecular formula is C16H15N3O. The third-order valence-electron chi connectivity index (χ3n) is 2.76. The lowest BCUT2D eigenvalue weighted by Gasteiger charge is -2.06. The maximum Gasteiger partial charge on any atom is 0.123 e. The minimum absolute atomic E-state index is 0.316. The molecule has 100 valence electrons. The molecule has 20 heavy (non-hydrogen) atoms. The van der Waals surface area contributed by atoms with Gasteiger partial charge in [0.05, 0.1) is 31.5 Å². The molecule has 0 bridgehead atoms. The van der Waals surface area contributed by atoms with Crippen molar-refractivity contribution in [2.24, 2.45) is 5.10 Å². The number of para-hydroxylation sites is 1. The van der Waals surface area contributed by atoms with Crippen LogP contribution in [0.1, 0.15) is 11.1 Å². The fourth-order valence-electron chi connectivity index (χ4n) is 1.80. The molecule has 2 aromatic rings. The Morgan fingerprint density at radius 2 is 2.05 bits per heavy atom. The molecule has 4 heteroatoms. The van der Waals surface area contributed by atoms with Crippen molar-refractivity contribution in [1.29, 1.82) is 5.26 Å².